The molecular formula is C19H20O8S. The zero-order valence-corrected chi connectivity index (χ0v) is 16.6. The number of carbonyl (C=O) groups is 2. The predicted octanol–water partition coefficient (Wildman–Crippen LogP) is 2.93. The summed E-state index contributed by atoms with van der Waals surface area (Å²) < 4.78 is 33.6. The monoisotopic (exact) mass is 408 g/mol. The quantitative estimate of drug-likeness (QED) is 0.670. The molecule has 0 saturated carbocycles. The first-order chi connectivity index (χ1) is 12.9. The highest BCUT2D eigenvalue weighted by Crippen LogP contribution is 2.32. The molecule has 9 heteroatoms. The topological polar surface area (TPSA) is 127 Å². The van der Waals surface area contributed by atoms with Crippen LogP contribution in [0.15, 0.2) is 24.3 Å². The lowest BCUT2D eigenvalue weighted by Crippen LogP contribution is -2.18. The molecule has 2 rings (SSSR count). The lowest BCUT2D eigenvalue weighted by Gasteiger charge is -2.18. The summed E-state index contributed by atoms with van der Waals surface area (Å²) >= 11 is 0. The van der Waals surface area contributed by atoms with Crippen LogP contribution in [0.2, 0.25) is 0 Å². The summed E-state index contributed by atoms with van der Waals surface area (Å²) in [5.41, 5.74) is 0.699. The molecule has 0 fully saturated rings. The van der Waals surface area contributed by atoms with Gasteiger partial charge in [-0.05, 0) is 43.5 Å². The van der Waals surface area contributed by atoms with Gasteiger partial charge in [0.1, 0.15) is 17.9 Å². The molecular weight excluding hydrogens is 388 g/mol. The molecule has 0 bridgehead atoms. The van der Waals surface area contributed by atoms with E-state index in [0.29, 0.717) is 5.75 Å². The summed E-state index contributed by atoms with van der Waals surface area (Å²) in [5.74, 6) is -2.85. The van der Waals surface area contributed by atoms with Crippen molar-refractivity contribution in [1.82, 2.24) is 0 Å². The van der Waals surface area contributed by atoms with Crippen LogP contribution in [0.5, 0.6) is 11.5 Å². The van der Waals surface area contributed by atoms with Gasteiger partial charge in [0.2, 0.25) is 0 Å². The highest BCUT2D eigenvalue weighted by atomic mass is 32.2. The molecule has 0 aliphatic heterocycles. The van der Waals surface area contributed by atoms with E-state index in [1.807, 2.05) is 6.07 Å². The van der Waals surface area contributed by atoms with Gasteiger partial charge in [-0.2, -0.15) is 8.42 Å². The average molecular weight is 408 g/mol. The smallest absolute Gasteiger partial charge is 0.339 e. The SMILES string of the molecule is Cc1cccc(C)c1OCc1c(C(=O)O)c(C)cc(OS(C)(=O)=O)c1C(=O)O. The summed E-state index contributed by atoms with van der Waals surface area (Å²) in [5, 5.41) is 19.2. The molecule has 0 aliphatic carbocycles. The first kappa shape index (κ1) is 21.2. The van der Waals surface area contributed by atoms with E-state index in [-0.39, 0.29) is 16.7 Å². The van der Waals surface area contributed by atoms with E-state index < -0.39 is 40.0 Å². The maximum atomic E-state index is 11.8. The van der Waals surface area contributed by atoms with Crippen LogP contribution in [0, 0.1) is 20.8 Å². The number of carboxylic acids is 2. The standard InChI is InChI=1S/C19H20O8S/c1-10-6-5-7-11(2)17(10)26-9-13-15(18(20)21)12(3)8-14(16(13)19(22)23)27-28(4,24)25/h5-8H,9H2,1-4H3,(H,20,21)(H,22,23). The number of benzene rings is 2. The van der Waals surface area contributed by atoms with Gasteiger partial charge in [0.25, 0.3) is 0 Å². The highest BCUT2D eigenvalue weighted by molar-refractivity contribution is 7.86. The van der Waals surface area contributed by atoms with Crippen LogP contribution in [-0.2, 0) is 16.7 Å². The fourth-order valence-electron chi connectivity index (χ4n) is 2.93. The molecule has 0 radical (unpaired) electrons. The van der Waals surface area contributed by atoms with Gasteiger partial charge < -0.3 is 19.1 Å². The number of rotatable bonds is 7. The molecule has 0 atom stereocenters. The fraction of sp³-hybridized carbons (Fsp3) is 0.263. The molecule has 0 aromatic heterocycles. The van der Waals surface area contributed by atoms with Crippen LogP contribution >= 0.6 is 0 Å². The Hall–Kier alpha value is -3.07. The number of carboxylic acid groups (broad SMARTS) is 2. The second kappa shape index (κ2) is 7.89. The van der Waals surface area contributed by atoms with Crippen molar-refractivity contribution in [2.45, 2.75) is 27.4 Å². The van der Waals surface area contributed by atoms with Crippen molar-refractivity contribution in [3.63, 3.8) is 0 Å². The largest absolute Gasteiger partial charge is 0.488 e. The van der Waals surface area contributed by atoms with Gasteiger partial charge >= 0.3 is 22.1 Å². The lowest BCUT2D eigenvalue weighted by molar-refractivity contribution is 0.0690. The molecule has 2 aromatic rings. The molecule has 150 valence electrons. The Morgan fingerprint density at radius 2 is 1.50 bits per heavy atom. The van der Waals surface area contributed by atoms with Crippen LogP contribution in [0.3, 0.4) is 0 Å². The Morgan fingerprint density at radius 3 is 1.96 bits per heavy atom. The average Bonchev–Trinajstić information content (AvgIpc) is 2.51. The Morgan fingerprint density at radius 1 is 0.964 bits per heavy atom. The van der Waals surface area contributed by atoms with Gasteiger partial charge in [-0.25, -0.2) is 9.59 Å². The fourth-order valence-corrected chi connectivity index (χ4v) is 3.39. The number of ether oxygens (including phenoxy) is 1. The summed E-state index contributed by atoms with van der Waals surface area (Å²) in [7, 11) is -4.03. The molecule has 0 spiro atoms. The lowest BCUT2D eigenvalue weighted by atomic mass is 9.95. The van der Waals surface area contributed by atoms with Crippen LogP contribution in [0.1, 0.15) is 43.0 Å². The molecule has 0 amide bonds. The van der Waals surface area contributed by atoms with Gasteiger partial charge in [-0.1, -0.05) is 18.2 Å². The van der Waals surface area contributed by atoms with Crippen molar-refractivity contribution in [1.29, 1.82) is 0 Å². The molecule has 2 N–H and O–H groups in total. The van der Waals surface area contributed by atoms with Gasteiger partial charge in [-0.3, -0.25) is 0 Å². The van der Waals surface area contributed by atoms with E-state index in [1.165, 1.54) is 6.92 Å². The Labute approximate surface area is 162 Å². The molecule has 8 nitrogen and oxygen atoms in total. The third-order valence-corrected chi connectivity index (χ3v) is 4.51. The Balaban J connectivity index is 2.68. The van der Waals surface area contributed by atoms with Crippen molar-refractivity contribution in [3.05, 3.63) is 57.6 Å². The molecule has 2 aromatic carbocycles. The van der Waals surface area contributed by atoms with Crippen LogP contribution < -0.4 is 8.92 Å². The molecule has 0 unspecified atom stereocenters. The number of aromatic carboxylic acids is 2. The maximum absolute atomic E-state index is 11.8. The maximum Gasteiger partial charge on any atom is 0.339 e. The number of hydrogen-bond acceptors (Lipinski definition) is 6. The van der Waals surface area contributed by atoms with E-state index in [0.717, 1.165) is 23.4 Å². The third-order valence-electron chi connectivity index (χ3n) is 4.03. The highest BCUT2D eigenvalue weighted by Gasteiger charge is 2.28. The van der Waals surface area contributed by atoms with Crippen LogP contribution in [-0.4, -0.2) is 36.8 Å². The minimum absolute atomic E-state index is 0.149. The van der Waals surface area contributed by atoms with E-state index in [9.17, 15) is 28.2 Å². The van der Waals surface area contributed by atoms with Gasteiger partial charge in [0.05, 0.1) is 11.8 Å². The van der Waals surface area contributed by atoms with Crippen LogP contribution in [0.25, 0.3) is 0 Å². The molecule has 0 aliphatic rings. The summed E-state index contributed by atoms with van der Waals surface area (Å²) in [6, 6.07) is 6.50. The van der Waals surface area contributed by atoms with Crippen molar-refractivity contribution in [3.8, 4) is 11.5 Å². The summed E-state index contributed by atoms with van der Waals surface area (Å²) in [6.45, 7) is 4.63. The van der Waals surface area contributed by atoms with E-state index in [4.69, 9.17) is 8.92 Å². The van der Waals surface area contributed by atoms with E-state index >= 15 is 0 Å². The number of hydrogen-bond donors (Lipinski definition) is 2. The Kier molecular flexibility index (Phi) is 5.98. The minimum atomic E-state index is -4.03. The van der Waals surface area contributed by atoms with Gasteiger partial charge in [0.15, 0.2) is 5.75 Å². The Bertz CT molecular complexity index is 1030. The summed E-state index contributed by atoms with van der Waals surface area (Å²) in [4.78, 5) is 23.6. The molecule has 0 saturated heterocycles. The number of para-hydroxylation sites is 1. The van der Waals surface area contributed by atoms with Crippen molar-refractivity contribution >= 4 is 22.1 Å². The minimum Gasteiger partial charge on any atom is -0.488 e. The second-order valence-electron chi connectivity index (χ2n) is 6.33. The van der Waals surface area contributed by atoms with Crippen LogP contribution in [0.4, 0.5) is 0 Å². The predicted molar refractivity (Wildman–Crippen MR) is 101 cm³/mol. The molecule has 28 heavy (non-hydrogen) atoms. The normalized spacial score (nSPS) is 11.1. The first-order valence-corrected chi connectivity index (χ1v) is 9.95. The first-order valence-electron chi connectivity index (χ1n) is 8.14. The summed E-state index contributed by atoms with van der Waals surface area (Å²) in [6.07, 6.45) is 0.770. The zero-order chi connectivity index (χ0) is 21.2. The third kappa shape index (κ3) is 4.61. The van der Waals surface area contributed by atoms with Gasteiger partial charge in [-0.15, -0.1) is 0 Å². The van der Waals surface area contributed by atoms with Crippen molar-refractivity contribution in [2.24, 2.45) is 0 Å². The molecule has 0 heterocycles. The van der Waals surface area contributed by atoms with E-state index in [2.05, 4.69) is 0 Å². The van der Waals surface area contributed by atoms with Crippen molar-refractivity contribution < 1.29 is 37.1 Å². The number of aryl methyl sites for hydroxylation is 3. The second-order valence-corrected chi connectivity index (χ2v) is 7.90. The van der Waals surface area contributed by atoms with E-state index in [1.54, 1.807) is 26.0 Å². The van der Waals surface area contributed by atoms with Crippen molar-refractivity contribution in [2.75, 3.05) is 6.26 Å². The zero-order valence-electron chi connectivity index (χ0n) is 15.8. The van der Waals surface area contributed by atoms with Gasteiger partial charge in [0, 0.05) is 5.56 Å².